The van der Waals surface area contributed by atoms with E-state index in [2.05, 4.69) is 9.80 Å². The molecule has 1 unspecified atom stereocenters. The quantitative estimate of drug-likeness (QED) is 0.920. The minimum absolute atomic E-state index is 0.0871. The van der Waals surface area contributed by atoms with Crippen LogP contribution < -0.4 is 0 Å². The van der Waals surface area contributed by atoms with Gasteiger partial charge in [-0.2, -0.15) is 0 Å². The van der Waals surface area contributed by atoms with Crippen LogP contribution in [0.1, 0.15) is 30.7 Å². The average molecular weight is 292 g/mol. The van der Waals surface area contributed by atoms with Crippen LogP contribution >= 0.6 is 0 Å². The van der Waals surface area contributed by atoms with E-state index in [-0.39, 0.29) is 11.9 Å². The lowest BCUT2D eigenvalue weighted by Gasteiger charge is -2.30. The third-order valence-corrected chi connectivity index (χ3v) is 4.90. The van der Waals surface area contributed by atoms with Gasteiger partial charge in [-0.05, 0) is 49.4 Å². The van der Waals surface area contributed by atoms with Gasteiger partial charge in [-0.3, -0.25) is 0 Å². The lowest BCUT2D eigenvalue weighted by Crippen LogP contribution is -2.40. The van der Waals surface area contributed by atoms with Gasteiger partial charge in [0, 0.05) is 32.7 Å². The number of hydrogen-bond donors (Lipinski definition) is 1. The van der Waals surface area contributed by atoms with Crippen LogP contribution in [0.3, 0.4) is 0 Å². The van der Waals surface area contributed by atoms with Crippen LogP contribution in [0, 0.1) is 5.82 Å². The summed E-state index contributed by atoms with van der Waals surface area (Å²) in [5.41, 5.74) is 1.26. The summed E-state index contributed by atoms with van der Waals surface area (Å²) in [5.74, 6) is 0.398. The minimum atomic E-state index is -0.152. The Morgan fingerprint density at radius 1 is 0.952 bits per heavy atom. The molecule has 1 aromatic rings. The van der Waals surface area contributed by atoms with Gasteiger partial charge >= 0.3 is 0 Å². The van der Waals surface area contributed by atoms with Gasteiger partial charge in [0.2, 0.25) is 0 Å². The Labute approximate surface area is 126 Å². The van der Waals surface area contributed by atoms with E-state index in [1.165, 1.54) is 12.0 Å². The van der Waals surface area contributed by atoms with Crippen LogP contribution in [-0.4, -0.2) is 60.3 Å². The van der Waals surface area contributed by atoms with E-state index in [4.69, 9.17) is 0 Å². The number of halogens is 1. The summed E-state index contributed by atoms with van der Waals surface area (Å²) in [6.07, 6.45) is 2.91. The Morgan fingerprint density at radius 2 is 1.57 bits per heavy atom. The molecular formula is C17H25FN2O. The SMILES string of the molecule is OC1CCN(CCN2CCC(c3ccc(F)cc3)C2)CC1. The van der Waals surface area contributed by atoms with E-state index in [1.54, 1.807) is 12.1 Å². The highest BCUT2D eigenvalue weighted by atomic mass is 19.1. The van der Waals surface area contributed by atoms with Gasteiger partial charge in [-0.15, -0.1) is 0 Å². The van der Waals surface area contributed by atoms with Crippen molar-refractivity contribution in [2.45, 2.75) is 31.3 Å². The smallest absolute Gasteiger partial charge is 0.123 e. The normalized spacial score (nSPS) is 25.5. The Morgan fingerprint density at radius 3 is 2.29 bits per heavy atom. The molecule has 0 spiro atoms. The first kappa shape index (κ1) is 14.9. The zero-order chi connectivity index (χ0) is 14.7. The highest BCUT2D eigenvalue weighted by molar-refractivity contribution is 5.21. The van der Waals surface area contributed by atoms with Crippen LogP contribution in [0.4, 0.5) is 4.39 Å². The van der Waals surface area contributed by atoms with Crippen molar-refractivity contribution < 1.29 is 9.50 Å². The first-order chi connectivity index (χ1) is 10.2. The van der Waals surface area contributed by atoms with Crippen LogP contribution in [-0.2, 0) is 0 Å². The summed E-state index contributed by atoms with van der Waals surface area (Å²) in [5, 5.41) is 9.52. The van der Waals surface area contributed by atoms with Crippen LogP contribution in [0.25, 0.3) is 0 Å². The summed E-state index contributed by atoms with van der Waals surface area (Å²) in [6, 6.07) is 6.99. The van der Waals surface area contributed by atoms with Gasteiger partial charge < -0.3 is 14.9 Å². The third-order valence-electron chi connectivity index (χ3n) is 4.90. The largest absolute Gasteiger partial charge is 0.393 e. The molecule has 1 aromatic carbocycles. The van der Waals surface area contributed by atoms with E-state index >= 15 is 0 Å². The number of rotatable bonds is 4. The maximum atomic E-state index is 13.0. The van der Waals surface area contributed by atoms with Gasteiger partial charge in [-0.25, -0.2) is 4.39 Å². The highest BCUT2D eigenvalue weighted by Crippen LogP contribution is 2.27. The summed E-state index contributed by atoms with van der Waals surface area (Å²) in [7, 11) is 0. The molecule has 2 aliphatic heterocycles. The van der Waals surface area contributed by atoms with Gasteiger partial charge in [-0.1, -0.05) is 12.1 Å². The number of aliphatic hydroxyl groups is 1. The molecule has 2 aliphatic rings. The van der Waals surface area contributed by atoms with E-state index < -0.39 is 0 Å². The van der Waals surface area contributed by atoms with Gasteiger partial charge in [0.1, 0.15) is 5.82 Å². The van der Waals surface area contributed by atoms with Gasteiger partial charge in [0.15, 0.2) is 0 Å². The molecule has 0 amide bonds. The second-order valence-electron chi connectivity index (χ2n) is 6.41. The minimum Gasteiger partial charge on any atom is -0.393 e. The Kier molecular flexibility index (Phi) is 4.88. The molecule has 2 saturated heterocycles. The fourth-order valence-corrected chi connectivity index (χ4v) is 3.47. The number of piperidine rings is 1. The molecule has 21 heavy (non-hydrogen) atoms. The van der Waals surface area contributed by atoms with Crippen molar-refractivity contribution in [2.75, 3.05) is 39.3 Å². The zero-order valence-electron chi connectivity index (χ0n) is 12.5. The summed E-state index contributed by atoms with van der Waals surface area (Å²) >= 11 is 0. The maximum absolute atomic E-state index is 13.0. The topological polar surface area (TPSA) is 26.7 Å². The molecular weight excluding hydrogens is 267 g/mol. The van der Waals surface area contributed by atoms with E-state index in [9.17, 15) is 9.50 Å². The predicted molar refractivity (Wildman–Crippen MR) is 81.9 cm³/mol. The van der Waals surface area contributed by atoms with E-state index in [0.717, 1.165) is 52.1 Å². The molecule has 0 aromatic heterocycles. The van der Waals surface area contributed by atoms with Crippen molar-refractivity contribution in [3.8, 4) is 0 Å². The number of likely N-dealkylation sites (tertiary alicyclic amines) is 2. The van der Waals surface area contributed by atoms with Gasteiger partial charge in [0.25, 0.3) is 0 Å². The number of nitrogens with zero attached hydrogens (tertiary/aromatic N) is 2. The second-order valence-corrected chi connectivity index (χ2v) is 6.41. The lowest BCUT2D eigenvalue weighted by atomic mass is 9.99. The first-order valence-corrected chi connectivity index (χ1v) is 8.09. The molecule has 3 rings (SSSR count). The monoisotopic (exact) mass is 292 g/mol. The van der Waals surface area contributed by atoms with E-state index in [1.807, 2.05) is 12.1 Å². The maximum Gasteiger partial charge on any atom is 0.123 e. The average Bonchev–Trinajstić information content (AvgIpc) is 2.96. The highest BCUT2D eigenvalue weighted by Gasteiger charge is 2.24. The fourth-order valence-electron chi connectivity index (χ4n) is 3.47. The van der Waals surface area contributed by atoms with Crippen molar-refractivity contribution in [3.63, 3.8) is 0 Å². The molecule has 0 saturated carbocycles. The summed E-state index contributed by atoms with van der Waals surface area (Å²) < 4.78 is 13.0. The molecule has 3 nitrogen and oxygen atoms in total. The fraction of sp³-hybridized carbons (Fsp3) is 0.647. The molecule has 2 heterocycles. The Balaban J connectivity index is 1.43. The van der Waals surface area contributed by atoms with Crippen molar-refractivity contribution >= 4 is 0 Å². The molecule has 4 heteroatoms. The Hall–Kier alpha value is -0.970. The number of benzene rings is 1. The molecule has 2 fully saturated rings. The van der Waals surface area contributed by atoms with Gasteiger partial charge in [0.05, 0.1) is 6.10 Å². The second kappa shape index (κ2) is 6.86. The molecule has 0 radical (unpaired) electrons. The predicted octanol–water partition coefficient (Wildman–Crippen LogP) is 2.07. The van der Waals surface area contributed by atoms with Crippen molar-refractivity contribution in [1.82, 2.24) is 9.80 Å². The first-order valence-electron chi connectivity index (χ1n) is 8.09. The van der Waals surface area contributed by atoms with Crippen LogP contribution in [0.5, 0.6) is 0 Å². The molecule has 0 aliphatic carbocycles. The molecule has 1 N–H and O–H groups in total. The third kappa shape index (κ3) is 4.02. The molecule has 116 valence electrons. The molecule has 0 bridgehead atoms. The van der Waals surface area contributed by atoms with Crippen LogP contribution in [0.15, 0.2) is 24.3 Å². The standard InChI is InChI=1S/C17H25FN2O/c18-16-3-1-14(2-4-16)15-5-8-20(13-15)12-11-19-9-6-17(21)7-10-19/h1-4,15,17,21H,5-13H2. The Bertz CT molecular complexity index is 443. The van der Waals surface area contributed by atoms with Crippen molar-refractivity contribution in [1.29, 1.82) is 0 Å². The number of hydrogen-bond acceptors (Lipinski definition) is 3. The van der Waals surface area contributed by atoms with Crippen molar-refractivity contribution in [3.05, 3.63) is 35.6 Å². The molecule has 1 atom stereocenters. The van der Waals surface area contributed by atoms with Crippen LogP contribution in [0.2, 0.25) is 0 Å². The van der Waals surface area contributed by atoms with Crippen molar-refractivity contribution in [2.24, 2.45) is 0 Å². The summed E-state index contributed by atoms with van der Waals surface area (Å²) in [6.45, 7) is 6.48. The van der Waals surface area contributed by atoms with E-state index in [0.29, 0.717) is 5.92 Å². The number of aliphatic hydroxyl groups excluding tert-OH is 1. The summed E-state index contributed by atoms with van der Waals surface area (Å²) in [4.78, 5) is 4.97. The lowest BCUT2D eigenvalue weighted by molar-refractivity contribution is 0.0781. The zero-order valence-corrected chi connectivity index (χ0v) is 12.5.